The van der Waals surface area contributed by atoms with Crippen LogP contribution in [0.2, 0.25) is 0 Å². The van der Waals surface area contributed by atoms with Crippen LogP contribution in [-0.4, -0.2) is 16.9 Å². The Balaban J connectivity index is 1.57. The zero-order chi connectivity index (χ0) is 25.5. The first-order valence-electron chi connectivity index (χ1n) is 11.0. The SMILES string of the molecule is C[C@H](NP(=O)(Oc1ccc([N+](=O)[O-])cc1)Oc1cccc2ccccc12)C(=O)OCc1ccccc1. The first-order valence-corrected chi connectivity index (χ1v) is 12.6. The van der Waals surface area contributed by atoms with E-state index in [4.69, 9.17) is 13.8 Å². The first-order chi connectivity index (χ1) is 17.3. The van der Waals surface area contributed by atoms with Gasteiger partial charge in [0, 0.05) is 17.5 Å². The molecule has 0 aliphatic rings. The topological polar surface area (TPSA) is 117 Å². The number of rotatable bonds is 10. The predicted molar refractivity (Wildman–Crippen MR) is 135 cm³/mol. The third kappa shape index (κ3) is 6.27. The van der Waals surface area contributed by atoms with Gasteiger partial charge < -0.3 is 13.8 Å². The van der Waals surface area contributed by atoms with Gasteiger partial charge in [-0.3, -0.25) is 14.9 Å². The van der Waals surface area contributed by atoms with Gasteiger partial charge in [-0.15, -0.1) is 0 Å². The molecule has 0 bridgehead atoms. The van der Waals surface area contributed by atoms with Gasteiger partial charge in [-0.1, -0.05) is 66.7 Å². The smallest absolute Gasteiger partial charge is 0.460 e. The van der Waals surface area contributed by atoms with Crippen molar-refractivity contribution in [3.63, 3.8) is 0 Å². The molecule has 2 atom stereocenters. The third-order valence-electron chi connectivity index (χ3n) is 5.17. The molecule has 0 saturated carbocycles. The monoisotopic (exact) mass is 506 g/mol. The zero-order valence-corrected chi connectivity index (χ0v) is 20.2. The molecule has 0 fully saturated rings. The van der Waals surface area contributed by atoms with Gasteiger partial charge in [0.05, 0.1) is 4.92 Å². The van der Waals surface area contributed by atoms with Crippen LogP contribution in [0.4, 0.5) is 5.69 Å². The number of nitro groups is 1. The summed E-state index contributed by atoms with van der Waals surface area (Å²) in [6, 6.07) is 25.7. The van der Waals surface area contributed by atoms with Gasteiger partial charge in [0.2, 0.25) is 0 Å². The van der Waals surface area contributed by atoms with Crippen molar-refractivity contribution in [2.45, 2.75) is 19.6 Å². The second-order valence-corrected chi connectivity index (χ2v) is 9.47. The molecule has 0 saturated heterocycles. The number of nitrogens with one attached hydrogen (secondary N) is 1. The van der Waals surface area contributed by atoms with Crippen LogP contribution >= 0.6 is 7.75 Å². The highest BCUT2D eigenvalue weighted by Gasteiger charge is 2.34. The van der Waals surface area contributed by atoms with Gasteiger partial charge in [-0.2, -0.15) is 5.09 Å². The highest BCUT2D eigenvalue weighted by atomic mass is 31.2. The minimum atomic E-state index is -4.23. The summed E-state index contributed by atoms with van der Waals surface area (Å²) in [6.07, 6.45) is 0. The van der Waals surface area contributed by atoms with Crippen LogP contribution in [0.3, 0.4) is 0 Å². The molecule has 0 aromatic heterocycles. The van der Waals surface area contributed by atoms with Crippen molar-refractivity contribution < 1.29 is 28.1 Å². The second-order valence-electron chi connectivity index (χ2n) is 7.85. The van der Waals surface area contributed by atoms with E-state index in [0.717, 1.165) is 10.9 Å². The van der Waals surface area contributed by atoms with Gasteiger partial charge in [-0.25, -0.2) is 4.57 Å². The van der Waals surface area contributed by atoms with Crippen molar-refractivity contribution in [1.29, 1.82) is 0 Å². The number of benzene rings is 4. The Morgan fingerprint density at radius 2 is 1.58 bits per heavy atom. The molecular weight excluding hydrogens is 483 g/mol. The second kappa shape index (κ2) is 11.0. The average Bonchev–Trinajstić information content (AvgIpc) is 2.88. The van der Waals surface area contributed by atoms with E-state index in [0.29, 0.717) is 5.39 Å². The molecule has 0 spiro atoms. The predicted octanol–water partition coefficient (Wildman–Crippen LogP) is 6.04. The summed E-state index contributed by atoms with van der Waals surface area (Å²) in [5.74, 6) is -0.329. The lowest BCUT2D eigenvalue weighted by Gasteiger charge is -2.23. The maximum atomic E-state index is 13.9. The molecular formula is C26H23N2O7P. The van der Waals surface area contributed by atoms with Crippen LogP contribution in [0.1, 0.15) is 12.5 Å². The van der Waals surface area contributed by atoms with Crippen molar-refractivity contribution in [2.75, 3.05) is 0 Å². The van der Waals surface area contributed by atoms with Crippen molar-refractivity contribution >= 4 is 30.2 Å². The largest absolute Gasteiger partial charge is 0.513 e. The summed E-state index contributed by atoms with van der Waals surface area (Å²) in [5.41, 5.74) is 0.647. The van der Waals surface area contributed by atoms with Crippen molar-refractivity contribution in [1.82, 2.24) is 5.09 Å². The van der Waals surface area contributed by atoms with Crippen LogP contribution in [-0.2, 0) is 20.7 Å². The Hall–Kier alpha value is -4.20. The maximum Gasteiger partial charge on any atom is 0.513 e. The van der Waals surface area contributed by atoms with Gasteiger partial charge in [0.1, 0.15) is 24.1 Å². The highest BCUT2D eigenvalue weighted by molar-refractivity contribution is 7.52. The third-order valence-corrected chi connectivity index (χ3v) is 6.76. The maximum absolute atomic E-state index is 13.9. The van der Waals surface area contributed by atoms with Gasteiger partial charge in [0.15, 0.2) is 0 Å². The Morgan fingerprint density at radius 3 is 2.31 bits per heavy atom. The average molecular weight is 506 g/mol. The fourth-order valence-corrected chi connectivity index (χ4v) is 4.93. The lowest BCUT2D eigenvalue weighted by Crippen LogP contribution is -2.35. The number of nitrogens with zero attached hydrogens (tertiary/aromatic N) is 1. The van der Waals surface area contributed by atoms with Gasteiger partial charge >= 0.3 is 13.7 Å². The minimum absolute atomic E-state index is 0.0450. The molecule has 0 radical (unpaired) electrons. The van der Waals surface area contributed by atoms with Crippen molar-refractivity contribution in [3.05, 3.63) is 113 Å². The number of non-ortho nitro benzene ring substituents is 1. The Morgan fingerprint density at radius 1 is 0.917 bits per heavy atom. The Labute approximate surface area is 207 Å². The molecule has 0 heterocycles. The molecule has 1 N–H and O–H groups in total. The van der Waals surface area contributed by atoms with Crippen LogP contribution in [0.25, 0.3) is 10.8 Å². The normalized spacial score (nSPS) is 13.4. The quantitative estimate of drug-likeness (QED) is 0.120. The summed E-state index contributed by atoms with van der Waals surface area (Å²) in [4.78, 5) is 23.1. The molecule has 4 rings (SSSR count). The highest BCUT2D eigenvalue weighted by Crippen LogP contribution is 2.47. The lowest BCUT2D eigenvalue weighted by molar-refractivity contribution is -0.384. The number of hydrogen-bond acceptors (Lipinski definition) is 7. The number of fused-ring (bicyclic) bond motifs is 1. The van der Waals surface area contributed by atoms with E-state index in [1.165, 1.54) is 31.2 Å². The van der Waals surface area contributed by atoms with Crippen LogP contribution in [0.5, 0.6) is 11.5 Å². The number of esters is 1. The number of ether oxygens (including phenoxy) is 1. The fraction of sp³-hybridized carbons (Fsp3) is 0.115. The summed E-state index contributed by atoms with van der Waals surface area (Å²) in [6.45, 7) is 1.52. The molecule has 184 valence electrons. The molecule has 4 aromatic rings. The Bertz CT molecular complexity index is 1410. The zero-order valence-electron chi connectivity index (χ0n) is 19.3. The molecule has 9 nitrogen and oxygen atoms in total. The molecule has 0 aliphatic heterocycles. The number of carbonyl (C=O) groups is 1. The number of nitro benzene ring substituents is 1. The van der Waals surface area contributed by atoms with E-state index < -0.39 is 24.7 Å². The van der Waals surface area contributed by atoms with Crippen molar-refractivity contribution in [2.24, 2.45) is 0 Å². The van der Waals surface area contributed by atoms with E-state index in [9.17, 15) is 19.5 Å². The van der Waals surface area contributed by atoms with Crippen molar-refractivity contribution in [3.8, 4) is 11.5 Å². The van der Waals surface area contributed by atoms with Gasteiger partial charge in [-0.05, 0) is 36.1 Å². The molecule has 10 heteroatoms. The minimum Gasteiger partial charge on any atom is -0.460 e. The van der Waals surface area contributed by atoms with E-state index in [1.54, 1.807) is 18.2 Å². The number of carbonyl (C=O) groups excluding carboxylic acids is 1. The summed E-state index contributed by atoms with van der Waals surface area (Å²) >= 11 is 0. The van der Waals surface area contributed by atoms with E-state index in [2.05, 4.69) is 5.09 Å². The fourth-order valence-electron chi connectivity index (χ4n) is 3.39. The van der Waals surface area contributed by atoms with E-state index in [-0.39, 0.29) is 23.8 Å². The number of hydrogen-bond donors (Lipinski definition) is 1. The Kier molecular flexibility index (Phi) is 7.63. The summed E-state index contributed by atoms with van der Waals surface area (Å²) in [5, 5.41) is 15.1. The standard InChI is InChI=1S/C26H23N2O7P/c1-19(26(29)33-18-20-8-3-2-4-9-20)27-36(32,34-23-16-14-22(15-17-23)28(30)31)35-25-13-7-11-21-10-5-6-12-24(21)25/h2-17,19H,18H2,1H3,(H,27,32)/t19-,36?/m0/s1. The van der Waals surface area contributed by atoms with E-state index in [1.807, 2.05) is 54.6 Å². The summed E-state index contributed by atoms with van der Waals surface area (Å²) < 4.78 is 30.8. The molecule has 0 aliphatic carbocycles. The molecule has 36 heavy (non-hydrogen) atoms. The van der Waals surface area contributed by atoms with Crippen LogP contribution in [0.15, 0.2) is 97.1 Å². The molecule has 1 unspecified atom stereocenters. The molecule has 0 amide bonds. The van der Waals surface area contributed by atoms with Crippen LogP contribution < -0.4 is 14.1 Å². The summed E-state index contributed by atoms with van der Waals surface area (Å²) in [7, 11) is -4.23. The van der Waals surface area contributed by atoms with Crippen LogP contribution in [0, 0.1) is 10.1 Å². The first kappa shape index (κ1) is 24.9. The van der Waals surface area contributed by atoms with Gasteiger partial charge in [0.25, 0.3) is 5.69 Å². The lowest BCUT2D eigenvalue weighted by atomic mass is 10.1. The molecule has 4 aromatic carbocycles. The van der Waals surface area contributed by atoms with E-state index >= 15 is 0 Å².